The van der Waals surface area contributed by atoms with E-state index in [4.69, 9.17) is 10.7 Å². The number of nitrogens with two attached hydrogens (primary N) is 1. The summed E-state index contributed by atoms with van der Waals surface area (Å²) in [6.45, 7) is 8.09. The van der Waals surface area contributed by atoms with Crippen LogP contribution in [0.1, 0.15) is 51.5 Å². The maximum atomic E-state index is 11.6. The van der Waals surface area contributed by atoms with E-state index in [2.05, 4.69) is 40.4 Å². The summed E-state index contributed by atoms with van der Waals surface area (Å²) < 4.78 is 0. The fourth-order valence-electron chi connectivity index (χ4n) is 3.33. The Balaban J connectivity index is 0.00000392. The number of nitrogens with one attached hydrogen (secondary N) is 2. The molecule has 0 radical (unpaired) electrons. The van der Waals surface area contributed by atoms with Crippen LogP contribution in [-0.2, 0) is 11.3 Å². The van der Waals surface area contributed by atoms with E-state index in [1.165, 1.54) is 12.8 Å². The van der Waals surface area contributed by atoms with Gasteiger partial charge in [-0.3, -0.25) is 4.79 Å². The van der Waals surface area contributed by atoms with Gasteiger partial charge in [-0.2, -0.15) is 0 Å². The number of halogens is 1. The number of anilines is 1. The number of unbranched alkanes of at least 4 members (excludes halogenated alkanes) is 2. The van der Waals surface area contributed by atoms with Crippen LogP contribution in [0.15, 0.2) is 23.3 Å². The van der Waals surface area contributed by atoms with Crippen LogP contribution in [0.4, 0.5) is 5.82 Å². The summed E-state index contributed by atoms with van der Waals surface area (Å²) in [5, 5.41) is 6.68. The second kappa shape index (κ2) is 13.6. The zero-order chi connectivity index (χ0) is 19.5. The van der Waals surface area contributed by atoms with Crippen molar-refractivity contribution < 1.29 is 4.79 Å². The molecule has 0 spiro atoms. The topological polar surface area (TPSA) is 95.6 Å². The summed E-state index contributed by atoms with van der Waals surface area (Å²) in [6, 6.07) is 3.99. The molecular weight excluding hydrogens is 467 g/mol. The SMILES string of the molecule is CCCCCNC(=NCc1cccnc1N1CCCC(C(N)=O)C1)NCC.I. The van der Waals surface area contributed by atoms with Crippen molar-refractivity contribution >= 4 is 41.7 Å². The van der Waals surface area contributed by atoms with Crippen molar-refractivity contribution in [1.82, 2.24) is 15.6 Å². The number of primary amides is 1. The Hall–Kier alpha value is -1.58. The predicted octanol–water partition coefficient (Wildman–Crippen LogP) is 2.65. The molecule has 1 amide bonds. The molecule has 1 unspecified atom stereocenters. The number of hydrogen-bond acceptors (Lipinski definition) is 4. The third-order valence-corrected chi connectivity index (χ3v) is 4.82. The fraction of sp³-hybridized carbons (Fsp3) is 0.650. The van der Waals surface area contributed by atoms with Gasteiger partial charge < -0.3 is 21.3 Å². The molecule has 0 saturated carbocycles. The van der Waals surface area contributed by atoms with Gasteiger partial charge in [-0.1, -0.05) is 25.8 Å². The summed E-state index contributed by atoms with van der Waals surface area (Å²) in [5.41, 5.74) is 6.58. The number of aliphatic imine (C=N–C) groups is 1. The van der Waals surface area contributed by atoms with Gasteiger partial charge in [0, 0.05) is 37.9 Å². The third kappa shape index (κ3) is 7.81. The van der Waals surface area contributed by atoms with E-state index in [1.807, 2.05) is 6.07 Å². The summed E-state index contributed by atoms with van der Waals surface area (Å²) in [4.78, 5) is 23.1. The normalized spacial score (nSPS) is 17.0. The van der Waals surface area contributed by atoms with E-state index in [-0.39, 0.29) is 35.8 Å². The first-order chi connectivity index (χ1) is 13.2. The molecule has 158 valence electrons. The van der Waals surface area contributed by atoms with Crippen molar-refractivity contribution in [3.05, 3.63) is 23.9 Å². The molecule has 7 nitrogen and oxygen atoms in total. The lowest BCUT2D eigenvalue weighted by Gasteiger charge is -2.33. The number of carbonyl (C=O) groups is 1. The minimum Gasteiger partial charge on any atom is -0.369 e. The van der Waals surface area contributed by atoms with Crippen LogP contribution in [-0.4, -0.2) is 43.0 Å². The van der Waals surface area contributed by atoms with Crippen molar-refractivity contribution in [1.29, 1.82) is 0 Å². The molecule has 1 aromatic rings. The van der Waals surface area contributed by atoms with Crippen LogP contribution in [0.3, 0.4) is 0 Å². The largest absolute Gasteiger partial charge is 0.369 e. The Morgan fingerprint density at radius 3 is 2.89 bits per heavy atom. The van der Waals surface area contributed by atoms with E-state index in [1.54, 1.807) is 6.20 Å². The Labute approximate surface area is 186 Å². The zero-order valence-corrected chi connectivity index (χ0v) is 19.4. The number of hydrogen-bond donors (Lipinski definition) is 3. The van der Waals surface area contributed by atoms with Crippen molar-refractivity contribution in [3.8, 4) is 0 Å². The number of rotatable bonds is 9. The van der Waals surface area contributed by atoms with Crippen molar-refractivity contribution in [2.24, 2.45) is 16.6 Å². The number of guanidine groups is 1. The van der Waals surface area contributed by atoms with Gasteiger partial charge in [-0.25, -0.2) is 9.98 Å². The smallest absolute Gasteiger partial charge is 0.222 e. The van der Waals surface area contributed by atoms with Crippen LogP contribution in [0, 0.1) is 5.92 Å². The van der Waals surface area contributed by atoms with Gasteiger partial charge in [-0.15, -0.1) is 24.0 Å². The number of nitrogens with zero attached hydrogens (tertiary/aromatic N) is 3. The van der Waals surface area contributed by atoms with E-state index in [0.717, 1.165) is 56.2 Å². The minimum atomic E-state index is -0.221. The third-order valence-electron chi connectivity index (χ3n) is 4.82. The summed E-state index contributed by atoms with van der Waals surface area (Å²) in [5.74, 6) is 1.42. The van der Waals surface area contributed by atoms with Gasteiger partial charge in [0.15, 0.2) is 5.96 Å². The van der Waals surface area contributed by atoms with Gasteiger partial charge in [0.2, 0.25) is 5.91 Å². The number of aromatic nitrogens is 1. The molecule has 0 aliphatic carbocycles. The molecule has 1 fully saturated rings. The van der Waals surface area contributed by atoms with Crippen molar-refractivity contribution in [3.63, 3.8) is 0 Å². The molecule has 2 heterocycles. The lowest BCUT2D eigenvalue weighted by molar-refractivity contribution is -0.122. The van der Waals surface area contributed by atoms with Gasteiger partial charge in [0.25, 0.3) is 0 Å². The highest BCUT2D eigenvalue weighted by Crippen LogP contribution is 2.24. The van der Waals surface area contributed by atoms with E-state index in [0.29, 0.717) is 13.1 Å². The molecule has 0 aromatic carbocycles. The predicted molar refractivity (Wildman–Crippen MR) is 126 cm³/mol. The highest BCUT2D eigenvalue weighted by molar-refractivity contribution is 14.0. The highest BCUT2D eigenvalue weighted by atomic mass is 127. The summed E-state index contributed by atoms with van der Waals surface area (Å²) in [6.07, 6.45) is 7.17. The first-order valence-corrected chi connectivity index (χ1v) is 10.2. The monoisotopic (exact) mass is 502 g/mol. The number of piperidine rings is 1. The quantitative estimate of drug-likeness (QED) is 0.209. The second-order valence-corrected chi connectivity index (χ2v) is 7.00. The molecular formula is C20H35IN6O. The molecule has 1 atom stereocenters. The van der Waals surface area contributed by atoms with Crippen LogP contribution in [0.2, 0.25) is 0 Å². The first-order valence-electron chi connectivity index (χ1n) is 10.2. The number of pyridine rings is 1. The molecule has 2 rings (SSSR count). The van der Waals surface area contributed by atoms with E-state index >= 15 is 0 Å². The lowest BCUT2D eigenvalue weighted by atomic mass is 9.97. The molecule has 28 heavy (non-hydrogen) atoms. The Bertz CT molecular complexity index is 624. The van der Waals surface area contributed by atoms with Crippen molar-refractivity contribution in [2.45, 2.75) is 52.5 Å². The second-order valence-electron chi connectivity index (χ2n) is 7.00. The van der Waals surface area contributed by atoms with Gasteiger partial charge in [0.05, 0.1) is 12.5 Å². The highest BCUT2D eigenvalue weighted by Gasteiger charge is 2.25. The molecule has 1 aliphatic heterocycles. The van der Waals surface area contributed by atoms with E-state index in [9.17, 15) is 4.79 Å². The van der Waals surface area contributed by atoms with Gasteiger partial charge in [-0.05, 0) is 32.3 Å². The molecule has 4 N–H and O–H groups in total. The number of amides is 1. The van der Waals surface area contributed by atoms with Gasteiger partial charge >= 0.3 is 0 Å². The molecule has 8 heteroatoms. The first kappa shape index (κ1) is 24.5. The van der Waals surface area contributed by atoms with Crippen LogP contribution in [0.5, 0.6) is 0 Å². The van der Waals surface area contributed by atoms with Crippen molar-refractivity contribution in [2.75, 3.05) is 31.1 Å². The Kier molecular flexibility index (Phi) is 11.9. The number of carbonyl (C=O) groups excluding carboxylic acids is 1. The molecule has 0 bridgehead atoms. The maximum absolute atomic E-state index is 11.6. The van der Waals surface area contributed by atoms with E-state index < -0.39 is 0 Å². The summed E-state index contributed by atoms with van der Waals surface area (Å²) >= 11 is 0. The average Bonchev–Trinajstić information content (AvgIpc) is 2.69. The van der Waals surface area contributed by atoms with Crippen LogP contribution in [0.25, 0.3) is 0 Å². The van der Waals surface area contributed by atoms with Crippen LogP contribution >= 0.6 is 24.0 Å². The minimum absolute atomic E-state index is 0. The van der Waals surface area contributed by atoms with Crippen LogP contribution < -0.4 is 21.3 Å². The zero-order valence-electron chi connectivity index (χ0n) is 17.1. The average molecular weight is 502 g/mol. The standard InChI is InChI=1S/C20H34N6O.HI/c1-3-5-6-11-24-20(22-4-2)25-14-16-9-7-12-23-19(16)26-13-8-10-17(15-26)18(21)27;/h7,9,12,17H,3-6,8,10-11,13-15H2,1-2H3,(H2,21,27)(H2,22,24,25);1H. The molecule has 1 aliphatic rings. The molecule has 1 aromatic heterocycles. The fourth-order valence-corrected chi connectivity index (χ4v) is 3.33. The molecule has 1 saturated heterocycles. The summed E-state index contributed by atoms with van der Waals surface area (Å²) in [7, 11) is 0. The Morgan fingerprint density at radius 2 is 2.18 bits per heavy atom. The van der Waals surface area contributed by atoms with Gasteiger partial charge in [0.1, 0.15) is 5.82 Å². The Morgan fingerprint density at radius 1 is 1.36 bits per heavy atom. The lowest BCUT2D eigenvalue weighted by Crippen LogP contribution is -2.42. The maximum Gasteiger partial charge on any atom is 0.222 e.